The van der Waals surface area contributed by atoms with E-state index in [0.717, 1.165) is 13.1 Å². The van der Waals surface area contributed by atoms with E-state index in [0.29, 0.717) is 50.5 Å². The molecule has 2 amide bonds. The molecule has 2 N–H and O–H groups in total. The maximum absolute atomic E-state index is 14.2. The molecule has 1 aromatic carbocycles. The zero-order valence-electron chi connectivity index (χ0n) is 18.3. The first kappa shape index (κ1) is 24.4. The maximum Gasteiger partial charge on any atom is 0.410 e. The topological polar surface area (TPSA) is 102 Å². The Labute approximate surface area is 181 Å². The minimum atomic E-state index is -0.532. The van der Waals surface area contributed by atoms with Crippen molar-refractivity contribution in [1.29, 1.82) is 0 Å². The molecule has 2 saturated heterocycles. The van der Waals surface area contributed by atoms with Crippen LogP contribution in [-0.4, -0.2) is 91.3 Å². The predicted molar refractivity (Wildman–Crippen MR) is 114 cm³/mol. The molecule has 0 unspecified atom stereocenters. The molecule has 2 aliphatic heterocycles. The SMILES string of the molecule is CC(C)(C)OC(=O)N1CCN(c2cc(F)cc(C(=O)N3CCNCC3)c2)CC1.O=CO. The number of nitrogens with zero attached hydrogens (tertiary/aromatic N) is 3. The molecule has 0 aromatic heterocycles. The van der Waals surface area contributed by atoms with Crippen molar-refractivity contribution < 1.29 is 28.6 Å². The van der Waals surface area contributed by atoms with Crippen LogP contribution in [0.2, 0.25) is 0 Å². The van der Waals surface area contributed by atoms with Crippen LogP contribution >= 0.6 is 0 Å². The first-order valence-electron chi connectivity index (χ1n) is 10.3. The largest absolute Gasteiger partial charge is 0.483 e. The minimum absolute atomic E-state index is 0.144. The summed E-state index contributed by atoms with van der Waals surface area (Å²) >= 11 is 0. The number of carbonyl (C=O) groups excluding carboxylic acids is 2. The van der Waals surface area contributed by atoms with Crippen LogP contribution in [0.1, 0.15) is 31.1 Å². The van der Waals surface area contributed by atoms with Gasteiger partial charge in [-0.3, -0.25) is 9.59 Å². The van der Waals surface area contributed by atoms with Crippen molar-refractivity contribution in [2.24, 2.45) is 0 Å². The first-order chi connectivity index (χ1) is 14.6. The van der Waals surface area contributed by atoms with Gasteiger partial charge in [-0.2, -0.15) is 0 Å². The van der Waals surface area contributed by atoms with Gasteiger partial charge in [0.1, 0.15) is 11.4 Å². The number of anilines is 1. The van der Waals surface area contributed by atoms with Gasteiger partial charge in [0.15, 0.2) is 0 Å². The van der Waals surface area contributed by atoms with Crippen molar-refractivity contribution in [1.82, 2.24) is 15.1 Å². The third-order valence-corrected chi connectivity index (χ3v) is 4.83. The second kappa shape index (κ2) is 10.9. The maximum atomic E-state index is 14.2. The number of carboxylic acid groups (broad SMARTS) is 1. The summed E-state index contributed by atoms with van der Waals surface area (Å²) in [7, 11) is 0. The van der Waals surface area contributed by atoms with Gasteiger partial charge < -0.3 is 29.9 Å². The number of hydrogen-bond acceptors (Lipinski definition) is 6. The number of nitrogens with one attached hydrogen (secondary N) is 1. The Hall–Kier alpha value is -2.88. The molecule has 2 fully saturated rings. The van der Waals surface area contributed by atoms with E-state index >= 15 is 0 Å². The number of halogens is 1. The standard InChI is InChI=1S/C20H29FN4O3.CH2O2/c1-20(2,3)28-19(27)25-10-8-23(9-11-25)17-13-15(12-16(21)14-17)18(26)24-6-4-22-5-7-24;2-1-3/h12-14,22H,4-11H2,1-3H3;1H,(H,2,3). The van der Waals surface area contributed by atoms with Crippen LogP contribution in [0.3, 0.4) is 0 Å². The average Bonchev–Trinajstić information content (AvgIpc) is 2.73. The summed E-state index contributed by atoms with van der Waals surface area (Å²) in [6.07, 6.45) is -0.332. The second-order valence-electron chi connectivity index (χ2n) is 8.30. The van der Waals surface area contributed by atoms with Crippen LogP contribution in [0.5, 0.6) is 0 Å². The summed E-state index contributed by atoms with van der Waals surface area (Å²) in [6.45, 7) is 10.1. The number of rotatable bonds is 2. The molecule has 0 bridgehead atoms. The molecular weight excluding hydrogens is 407 g/mol. The number of carbonyl (C=O) groups is 3. The summed E-state index contributed by atoms with van der Waals surface area (Å²) in [4.78, 5) is 38.7. The lowest BCUT2D eigenvalue weighted by Crippen LogP contribution is -2.50. The summed E-state index contributed by atoms with van der Waals surface area (Å²) < 4.78 is 19.6. The highest BCUT2D eigenvalue weighted by Gasteiger charge is 2.27. The predicted octanol–water partition coefficient (Wildman–Crippen LogP) is 1.63. The monoisotopic (exact) mass is 438 g/mol. The number of hydrogen-bond donors (Lipinski definition) is 2. The van der Waals surface area contributed by atoms with Crippen LogP contribution in [0.4, 0.5) is 14.9 Å². The molecule has 0 saturated carbocycles. The van der Waals surface area contributed by atoms with Crippen molar-refractivity contribution in [2.45, 2.75) is 26.4 Å². The zero-order valence-corrected chi connectivity index (χ0v) is 18.3. The molecule has 0 radical (unpaired) electrons. The van der Waals surface area contributed by atoms with Gasteiger partial charge in [0.25, 0.3) is 12.4 Å². The fourth-order valence-electron chi connectivity index (χ4n) is 3.40. The minimum Gasteiger partial charge on any atom is -0.483 e. The average molecular weight is 439 g/mol. The number of amides is 2. The zero-order chi connectivity index (χ0) is 23.0. The van der Waals surface area contributed by atoms with Gasteiger partial charge in [0, 0.05) is 63.6 Å². The Morgan fingerprint density at radius 1 is 1.03 bits per heavy atom. The molecule has 0 spiro atoms. The van der Waals surface area contributed by atoms with Gasteiger partial charge in [-0.05, 0) is 39.0 Å². The van der Waals surface area contributed by atoms with E-state index < -0.39 is 11.4 Å². The Morgan fingerprint density at radius 2 is 1.61 bits per heavy atom. The fourth-order valence-corrected chi connectivity index (χ4v) is 3.40. The highest BCUT2D eigenvalue weighted by Crippen LogP contribution is 2.22. The second-order valence-corrected chi connectivity index (χ2v) is 8.30. The van der Waals surface area contributed by atoms with Crippen LogP contribution < -0.4 is 10.2 Å². The van der Waals surface area contributed by atoms with Crippen LogP contribution in [0, 0.1) is 5.82 Å². The quantitative estimate of drug-likeness (QED) is 0.677. The van der Waals surface area contributed by atoms with Crippen LogP contribution in [0.15, 0.2) is 18.2 Å². The lowest BCUT2D eigenvalue weighted by atomic mass is 10.1. The van der Waals surface area contributed by atoms with E-state index in [1.165, 1.54) is 12.1 Å². The van der Waals surface area contributed by atoms with E-state index in [-0.39, 0.29) is 18.5 Å². The molecule has 3 rings (SSSR count). The molecule has 0 atom stereocenters. The van der Waals surface area contributed by atoms with Crippen molar-refractivity contribution in [3.63, 3.8) is 0 Å². The molecular formula is C21H31FN4O5. The van der Waals surface area contributed by atoms with E-state index in [1.807, 2.05) is 25.7 Å². The summed E-state index contributed by atoms with van der Waals surface area (Å²) in [5, 5.41) is 10.1. The summed E-state index contributed by atoms with van der Waals surface area (Å²) in [5.74, 6) is -0.569. The molecule has 2 heterocycles. The Bertz CT molecular complexity index is 770. The molecule has 0 aliphatic carbocycles. The van der Waals surface area contributed by atoms with Gasteiger partial charge in [0.05, 0.1) is 0 Å². The summed E-state index contributed by atoms with van der Waals surface area (Å²) in [5.41, 5.74) is 0.504. The Kier molecular flexibility index (Phi) is 8.61. The fraction of sp³-hybridized carbons (Fsp3) is 0.571. The normalized spacial score (nSPS) is 16.8. The van der Waals surface area contributed by atoms with Crippen molar-refractivity contribution in [3.05, 3.63) is 29.6 Å². The van der Waals surface area contributed by atoms with E-state index in [4.69, 9.17) is 14.6 Å². The number of piperazine rings is 2. The van der Waals surface area contributed by atoms with Gasteiger partial charge >= 0.3 is 6.09 Å². The molecule has 1 aromatic rings. The highest BCUT2D eigenvalue weighted by atomic mass is 19.1. The van der Waals surface area contributed by atoms with E-state index in [1.54, 1.807) is 15.9 Å². The van der Waals surface area contributed by atoms with Crippen molar-refractivity contribution >= 4 is 24.2 Å². The molecule has 9 nitrogen and oxygen atoms in total. The number of ether oxygens (including phenoxy) is 1. The number of benzene rings is 1. The van der Waals surface area contributed by atoms with E-state index in [2.05, 4.69) is 5.32 Å². The summed E-state index contributed by atoms with van der Waals surface area (Å²) in [6, 6.07) is 4.49. The van der Waals surface area contributed by atoms with Crippen molar-refractivity contribution in [3.8, 4) is 0 Å². The van der Waals surface area contributed by atoms with Gasteiger partial charge in [-0.1, -0.05) is 0 Å². The molecule has 2 aliphatic rings. The molecule has 10 heteroatoms. The third kappa shape index (κ3) is 7.39. The lowest BCUT2D eigenvalue weighted by molar-refractivity contribution is -0.122. The van der Waals surface area contributed by atoms with Gasteiger partial charge in [-0.15, -0.1) is 0 Å². The Morgan fingerprint density at radius 3 is 2.16 bits per heavy atom. The lowest BCUT2D eigenvalue weighted by Gasteiger charge is -2.37. The highest BCUT2D eigenvalue weighted by molar-refractivity contribution is 5.95. The first-order valence-corrected chi connectivity index (χ1v) is 10.3. The molecule has 172 valence electrons. The smallest absolute Gasteiger partial charge is 0.410 e. The van der Waals surface area contributed by atoms with Gasteiger partial charge in [0.2, 0.25) is 0 Å². The van der Waals surface area contributed by atoms with E-state index in [9.17, 15) is 14.0 Å². The third-order valence-electron chi connectivity index (χ3n) is 4.83. The molecule has 31 heavy (non-hydrogen) atoms. The van der Waals surface area contributed by atoms with Crippen LogP contribution in [-0.2, 0) is 9.53 Å². The van der Waals surface area contributed by atoms with Crippen LogP contribution in [0.25, 0.3) is 0 Å². The van der Waals surface area contributed by atoms with Crippen molar-refractivity contribution in [2.75, 3.05) is 57.3 Å². The van der Waals surface area contributed by atoms with Gasteiger partial charge in [-0.25, -0.2) is 9.18 Å². The Balaban J connectivity index is 0.00000107.